The van der Waals surface area contributed by atoms with Crippen LogP contribution in [-0.4, -0.2) is 9.97 Å². The van der Waals surface area contributed by atoms with Gasteiger partial charge in [-0.25, -0.2) is 15.8 Å². The van der Waals surface area contributed by atoms with Crippen LogP contribution in [0, 0.1) is 20.8 Å². The zero-order chi connectivity index (χ0) is 14.3. The second-order valence-corrected chi connectivity index (χ2v) is 5.67. The van der Waals surface area contributed by atoms with Gasteiger partial charge in [-0.2, -0.15) is 0 Å². The molecule has 0 unspecified atom stereocenters. The number of hydrogen-bond acceptors (Lipinski definition) is 4. The highest BCUT2D eigenvalue weighted by molar-refractivity contribution is 5.64. The summed E-state index contributed by atoms with van der Waals surface area (Å²) in [6.45, 7) is 6.34. The van der Waals surface area contributed by atoms with Crippen LogP contribution in [0.3, 0.4) is 0 Å². The number of rotatable bonds is 3. The van der Waals surface area contributed by atoms with Crippen LogP contribution >= 0.6 is 0 Å². The molecule has 1 aromatic heterocycles. The number of nitrogen functional groups attached to an aromatic ring is 1. The molecule has 1 aliphatic carbocycles. The molecule has 1 aliphatic rings. The molecule has 1 heterocycles. The molecule has 4 heteroatoms. The number of nitrogens with one attached hydrogen (secondary N) is 1. The standard InChI is InChI=1S/C16H20N4/c1-9-6-11(3)13(7-10(9)2)16-18-14(12-4-5-12)8-15(19-16)20-17/h6-8,12H,4-5,17H2,1-3H3,(H,18,19,20). The zero-order valence-electron chi connectivity index (χ0n) is 12.2. The van der Waals surface area contributed by atoms with E-state index >= 15 is 0 Å². The van der Waals surface area contributed by atoms with Crippen LogP contribution in [0.4, 0.5) is 5.82 Å². The second-order valence-electron chi connectivity index (χ2n) is 5.67. The van der Waals surface area contributed by atoms with Gasteiger partial charge in [-0.3, -0.25) is 0 Å². The number of aromatic nitrogens is 2. The maximum absolute atomic E-state index is 5.54. The van der Waals surface area contributed by atoms with E-state index in [9.17, 15) is 0 Å². The Bertz CT molecular complexity index is 660. The third kappa shape index (κ3) is 2.39. The van der Waals surface area contributed by atoms with Gasteiger partial charge in [0, 0.05) is 23.2 Å². The molecular weight excluding hydrogens is 248 g/mol. The van der Waals surface area contributed by atoms with E-state index in [0.717, 1.165) is 17.1 Å². The Morgan fingerprint density at radius 2 is 1.70 bits per heavy atom. The minimum Gasteiger partial charge on any atom is -0.308 e. The predicted octanol–water partition coefficient (Wildman–Crippen LogP) is 3.23. The number of aryl methyl sites for hydroxylation is 3. The van der Waals surface area contributed by atoms with Crippen molar-refractivity contribution in [2.75, 3.05) is 5.43 Å². The zero-order valence-corrected chi connectivity index (χ0v) is 12.2. The van der Waals surface area contributed by atoms with Gasteiger partial charge in [-0.05, 0) is 56.4 Å². The largest absolute Gasteiger partial charge is 0.308 e. The molecule has 0 amide bonds. The summed E-state index contributed by atoms with van der Waals surface area (Å²) in [4.78, 5) is 9.26. The fourth-order valence-electron chi connectivity index (χ4n) is 2.45. The molecule has 0 saturated heterocycles. The Hall–Kier alpha value is -1.94. The van der Waals surface area contributed by atoms with Crippen LogP contribution < -0.4 is 11.3 Å². The molecule has 1 saturated carbocycles. The summed E-state index contributed by atoms with van der Waals surface area (Å²) in [7, 11) is 0. The van der Waals surface area contributed by atoms with Crippen molar-refractivity contribution in [2.45, 2.75) is 39.5 Å². The highest BCUT2D eigenvalue weighted by Crippen LogP contribution is 2.40. The third-order valence-electron chi connectivity index (χ3n) is 3.97. The van der Waals surface area contributed by atoms with Crippen molar-refractivity contribution in [3.63, 3.8) is 0 Å². The lowest BCUT2D eigenvalue weighted by Gasteiger charge is -2.11. The number of hydrogen-bond donors (Lipinski definition) is 2. The Morgan fingerprint density at radius 3 is 2.35 bits per heavy atom. The SMILES string of the molecule is Cc1cc(C)c(-c2nc(NN)cc(C3CC3)n2)cc1C. The van der Waals surface area contributed by atoms with E-state index in [1.165, 1.54) is 29.5 Å². The highest BCUT2D eigenvalue weighted by Gasteiger charge is 2.26. The molecule has 1 aromatic carbocycles. The Kier molecular flexibility index (Phi) is 3.18. The number of nitrogens with zero attached hydrogens (tertiary/aromatic N) is 2. The number of hydrazine groups is 1. The maximum Gasteiger partial charge on any atom is 0.162 e. The first-order chi connectivity index (χ1) is 9.58. The molecule has 3 N–H and O–H groups in total. The van der Waals surface area contributed by atoms with Crippen molar-refractivity contribution in [3.8, 4) is 11.4 Å². The Morgan fingerprint density at radius 1 is 1.00 bits per heavy atom. The molecule has 2 aromatic rings. The lowest BCUT2D eigenvalue weighted by Crippen LogP contribution is -2.10. The lowest BCUT2D eigenvalue weighted by atomic mass is 10.0. The van der Waals surface area contributed by atoms with E-state index < -0.39 is 0 Å². The van der Waals surface area contributed by atoms with Gasteiger partial charge in [-0.1, -0.05) is 6.07 Å². The third-order valence-corrected chi connectivity index (χ3v) is 3.97. The molecule has 3 rings (SSSR count). The number of nitrogens with two attached hydrogens (primary N) is 1. The van der Waals surface area contributed by atoms with Crippen molar-refractivity contribution in [2.24, 2.45) is 5.84 Å². The Balaban J connectivity index is 2.13. The van der Waals surface area contributed by atoms with Crippen LogP contribution in [0.2, 0.25) is 0 Å². The van der Waals surface area contributed by atoms with Gasteiger partial charge >= 0.3 is 0 Å². The van der Waals surface area contributed by atoms with Crippen LogP contribution in [-0.2, 0) is 0 Å². The van der Waals surface area contributed by atoms with E-state index in [2.05, 4.69) is 43.3 Å². The number of benzene rings is 1. The average molecular weight is 268 g/mol. The van der Waals surface area contributed by atoms with Crippen LogP contribution in [0.15, 0.2) is 18.2 Å². The molecule has 0 aliphatic heterocycles. The van der Waals surface area contributed by atoms with Crippen molar-refractivity contribution in [1.29, 1.82) is 0 Å². The van der Waals surface area contributed by atoms with Crippen LogP contribution in [0.25, 0.3) is 11.4 Å². The Labute approximate surface area is 119 Å². The summed E-state index contributed by atoms with van der Waals surface area (Å²) in [5, 5.41) is 0. The molecule has 0 atom stereocenters. The predicted molar refractivity (Wildman–Crippen MR) is 81.5 cm³/mol. The first-order valence-corrected chi connectivity index (χ1v) is 7.02. The van der Waals surface area contributed by atoms with Gasteiger partial charge in [-0.15, -0.1) is 0 Å². The molecule has 104 valence electrons. The summed E-state index contributed by atoms with van der Waals surface area (Å²) >= 11 is 0. The fourth-order valence-corrected chi connectivity index (χ4v) is 2.45. The van der Waals surface area contributed by atoms with Crippen molar-refractivity contribution >= 4 is 5.82 Å². The summed E-state index contributed by atoms with van der Waals surface area (Å²) in [5.41, 5.74) is 8.59. The van der Waals surface area contributed by atoms with Gasteiger partial charge < -0.3 is 5.43 Å². The molecule has 0 spiro atoms. The first-order valence-electron chi connectivity index (χ1n) is 7.02. The smallest absolute Gasteiger partial charge is 0.162 e. The maximum atomic E-state index is 5.54. The summed E-state index contributed by atoms with van der Waals surface area (Å²) in [6.07, 6.45) is 2.43. The van der Waals surface area contributed by atoms with Gasteiger partial charge in [0.05, 0.1) is 0 Å². The van der Waals surface area contributed by atoms with Gasteiger partial charge in [0.2, 0.25) is 0 Å². The molecule has 4 nitrogen and oxygen atoms in total. The number of anilines is 1. The van der Waals surface area contributed by atoms with Crippen molar-refractivity contribution in [1.82, 2.24) is 9.97 Å². The van der Waals surface area contributed by atoms with Gasteiger partial charge in [0.25, 0.3) is 0 Å². The second kappa shape index (κ2) is 4.87. The van der Waals surface area contributed by atoms with E-state index in [-0.39, 0.29) is 0 Å². The lowest BCUT2D eigenvalue weighted by molar-refractivity contribution is 0.989. The quantitative estimate of drug-likeness (QED) is 0.662. The highest BCUT2D eigenvalue weighted by atomic mass is 15.3. The summed E-state index contributed by atoms with van der Waals surface area (Å²) in [6, 6.07) is 6.31. The van der Waals surface area contributed by atoms with Gasteiger partial charge in [0.15, 0.2) is 5.82 Å². The summed E-state index contributed by atoms with van der Waals surface area (Å²) < 4.78 is 0. The molecule has 0 radical (unpaired) electrons. The van der Waals surface area contributed by atoms with E-state index in [1.807, 2.05) is 6.07 Å². The molecular formula is C16H20N4. The minimum atomic E-state index is 0.579. The monoisotopic (exact) mass is 268 g/mol. The van der Waals surface area contributed by atoms with Gasteiger partial charge in [0.1, 0.15) is 5.82 Å². The van der Waals surface area contributed by atoms with E-state index in [0.29, 0.717) is 11.7 Å². The van der Waals surface area contributed by atoms with Crippen molar-refractivity contribution in [3.05, 3.63) is 40.6 Å². The van der Waals surface area contributed by atoms with E-state index in [4.69, 9.17) is 10.8 Å². The normalized spacial score (nSPS) is 14.4. The topological polar surface area (TPSA) is 63.8 Å². The van der Waals surface area contributed by atoms with Crippen LogP contribution in [0.1, 0.15) is 41.1 Å². The molecule has 0 bridgehead atoms. The fraction of sp³-hybridized carbons (Fsp3) is 0.375. The first kappa shape index (κ1) is 13.1. The average Bonchev–Trinajstić information content (AvgIpc) is 3.26. The van der Waals surface area contributed by atoms with E-state index in [1.54, 1.807) is 0 Å². The van der Waals surface area contributed by atoms with Crippen LogP contribution in [0.5, 0.6) is 0 Å². The molecule has 20 heavy (non-hydrogen) atoms. The molecule has 1 fully saturated rings. The summed E-state index contributed by atoms with van der Waals surface area (Å²) in [5.74, 6) is 7.57. The van der Waals surface area contributed by atoms with Crippen molar-refractivity contribution < 1.29 is 0 Å². The minimum absolute atomic E-state index is 0.579.